The minimum atomic E-state index is -1.82. The topological polar surface area (TPSA) is 98.0 Å². The highest BCUT2D eigenvalue weighted by Gasteiger charge is 2.56. The van der Waals surface area contributed by atoms with Crippen LogP contribution in [0.2, 0.25) is 0 Å². The molecule has 0 spiro atoms. The van der Waals surface area contributed by atoms with Crippen LogP contribution in [0.5, 0.6) is 5.75 Å². The van der Waals surface area contributed by atoms with Crippen LogP contribution in [0.3, 0.4) is 0 Å². The Morgan fingerprint density at radius 1 is 1.21 bits per heavy atom. The Kier molecular flexibility index (Phi) is 3.26. The van der Waals surface area contributed by atoms with Gasteiger partial charge < -0.3 is 20.4 Å². The van der Waals surface area contributed by atoms with Gasteiger partial charge in [0.15, 0.2) is 5.78 Å². The molecule has 126 valence electrons. The van der Waals surface area contributed by atoms with Crippen LogP contribution in [-0.2, 0) is 4.79 Å². The largest absolute Gasteiger partial charge is 0.508 e. The predicted octanol–water partition coefficient (Wildman–Crippen LogP) is 1.69. The Bertz CT molecular complexity index is 793. The number of carbonyl (C=O) groups is 1. The van der Waals surface area contributed by atoms with Crippen LogP contribution < -0.4 is 0 Å². The molecule has 0 saturated heterocycles. The second-order valence-electron chi connectivity index (χ2n) is 7.20. The molecule has 4 rings (SSSR count). The van der Waals surface area contributed by atoms with E-state index in [1.54, 1.807) is 18.2 Å². The van der Waals surface area contributed by atoms with Crippen LogP contribution in [-0.4, -0.2) is 31.8 Å². The van der Waals surface area contributed by atoms with Crippen LogP contribution in [0, 0.1) is 11.8 Å². The van der Waals surface area contributed by atoms with E-state index in [2.05, 4.69) is 0 Å². The highest BCUT2D eigenvalue weighted by Crippen LogP contribution is 2.56. The van der Waals surface area contributed by atoms with Gasteiger partial charge in [-0.2, -0.15) is 0 Å². The molecule has 3 aliphatic carbocycles. The Hall–Kier alpha value is -1.95. The zero-order valence-corrected chi connectivity index (χ0v) is 13.3. The predicted molar refractivity (Wildman–Crippen MR) is 86.0 cm³/mol. The molecule has 0 aromatic heterocycles. The quantitative estimate of drug-likeness (QED) is 0.581. The first-order chi connectivity index (χ1) is 11.3. The first-order valence-electron chi connectivity index (χ1n) is 8.20. The van der Waals surface area contributed by atoms with Gasteiger partial charge in [-0.25, -0.2) is 0 Å². The van der Waals surface area contributed by atoms with Crippen LogP contribution in [0.25, 0.3) is 0 Å². The van der Waals surface area contributed by atoms with Gasteiger partial charge in [0.25, 0.3) is 0 Å². The molecule has 5 nitrogen and oxygen atoms in total. The number of hydrogen-bond acceptors (Lipinski definition) is 5. The third kappa shape index (κ3) is 1.89. The van der Waals surface area contributed by atoms with Crippen molar-refractivity contribution in [2.45, 2.75) is 37.6 Å². The van der Waals surface area contributed by atoms with Gasteiger partial charge >= 0.3 is 0 Å². The van der Waals surface area contributed by atoms with Crippen molar-refractivity contribution >= 4 is 5.78 Å². The number of aliphatic hydroxyl groups is 3. The summed E-state index contributed by atoms with van der Waals surface area (Å²) in [5, 5.41) is 42.8. The maximum Gasteiger partial charge on any atom is 0.159 e. The molecule has 1 aromatic carbocycles. The lowest BCUT2D eigenvalue weighted by atomic mass is 9.60. The Morgan fingerprint density at radius 3 is 2.71 bits per heavy atom. The van der Waals surface area contributed by atoms with Crippen LogP contribution in [0.4, 0.5) is 0 Å². The number of rotatable bonds is 0. The van der Waals surface area contributed by atoms with E-state index in [1.165, 1.54) is 12.1 Å². The molecule has 0 radical (unpaired) electrons. The van der Waals surface area contributed by atoms with Crippen molar-refractivity contribution in [3.8, 4) is 5.75 Å². The van der Waals surface area contributed by atoms with Crippen LogP contribution in [0.15, 0.2) is 41.5 Å². The minimum absolute atomic E-state index is 0.0913. The number of ketones is 1. The number of Topliss-reactive ketones (excluding diaryl/α,β-unsaturated/α-hetero) is 1. The number of aliphatic hydroxyl groups excluding tert-OH is 2. The van der Waals surface area contributed by atoms with Crippen molar-refractivity contribution in [2.75, 3.05) is 0 Å². The fourth-order valence-electron chi connectivity index (χ4n) is 4.47. The molecule has 0 bridgehead atoms. The van der Waals surface area contributed by atoms with Gasteiger partial charge in [0.2, 0.25) is 0 Å². The Morgan fingerprint density at radius 2 is 1.96 bits per heavy atom. The fraction of sp³-hybridized carbons (Fsp3) is 0.421. The average Bonchev–Trinajstić information content (AvgIpc) is 2.53. The van der Waals surface area contributed by atoms with E-state index < -0.39 is 23.7 Å². The maximum atomic E-state index is 12.6. The number of phenols is 1. The van der Waals surface area contributed by atoms with Gasteiger partial charge in [0.1, 0.15) is 17.5 Å². The summed E-state index contributed by atoms with van der Waals surface area (Å²) >= 11 is 0. The molecule has 0 heterocycles. The second kappa shape index (κ2) is 5.02. The van der Waals surface area contributed by atoms with Crippen molar-refractivity contribution in [3.63, 3.8) is 0 Å². The molecule has 0 saturated carbocycles. The maximum absolute atomic E-state index is 12.6. The lowest BCUT2D eigenvalue weighted by Gasteiger charge is -2.49. The van der Waals surface area contributed by atoms with E-state index in [4.69, 9.17) is 0 Å². The summed E-state index contributed by atoms with van der Waals surface area (Å²) in [4.78, 5) is 12.6. The first-order valence-corrected chi connectivity index (χ1v) is 8.20. The number of benzene rings is 1. The van der Waals surface area contributed by atoms with Crippen molar-refractivity contribution in [1.29, 1.82) is 0 Å². The highest BCUT2D eigenvalue weighted by atomic mass is 16.3. The van der Waals surface area contributed by atoms with E-state index in [0.29, 0.717) is 24.0 Å². The fourth-order valence-corrected chi connectivity index (χ4v) is 4.47. The van der Waals surface area contributed by atoms with Gasteiger partial charge in [-0.05, 0) is 35.6 Å². The van der Waals surface area contributed by atoms with E-state index in [0.717, 1.165) is 5.57 Å². The standard InChI is InChI=1S/C19H20O5/c1-9-7-10-5-6-19(24)16(14(10)13(21)8-9)17(22)11-3-2-4-12(20)15(11)18(19)23/h2-6,9,16-18,20,22-24H,7-8H2,1H3/t9-,16-,17-,18-,19-/m0/s1. The SMILES string of the molecule is C[C@@H]1CC(=O)C2=C(C=C[C@@]3(O)[C@@H](O)c4c(O)cccc4[C@H](O)[C@H]23)C1. The average molecular weight is 328 g/mol. The molecule has 5 atom stereocenters. The summed E-state index contributed by atoms with van der Waals surface area (Å²) in [7, 11) is 0. The van der Waals surface area contributed by atoms with Crippen molar-refractivity contribution in [1.82, 2.24) is 0 Å². The molecular formula is C19H20O5. The normalized spacial score (nSPS) is 37.8. The minimum Gasteiger partial charge on any atom is -0.508 e. The zero-order valence-electron chi connectivity index (χ0n) is 13.3. The molecular weight excluding hydrogens is 308 g/mol. The lowest BCUT2D eigenvalue weighted by Crippen LogP contribution is -2.52. The molecule has 1 aromatic rings. The van der Waals surface area contributed by atoms with Crippen molar-refractivity contribution < 1.29 is 25.2 Å². The molecule has 5 heteroatoms. The zero-order chi connectivity index (χ0) is 17.2. The Labute approximate surface area is 139 Å². The summed E-state index contributed by atoms with van der Waals surface area (Å²) in [5.41, 5.74) is -0.109. The van der Waals surface area contributed by atoms with E-state index >= 15 is 0 Å². The summed E-state index contributed by atoms with van der Waals surface area (Å²) in [6.07, 6.45) is 1.63. The number of phenolic OH excluding ortho intramolecular Hbond substituents is 1. The van der Waals surface area contributed by atoms with Crippen molar-refractivity contribution in [2.24, 2.45) is 11.8 Å². The van der Waals surface area contributed by atoms with Gasteiger partial charge in [0.05, 0.1) is 12.0 Å². The highest BCUT2D eigenvalue weighted by molar-refractivity contribution is 5.99. The Balaban J connectivity index is 1.94. The summed E-state index contributed by atoms with van der Waals surface area (Å²) in [6, 6.07) is 4.59. The van der Waals surface area contributed by atoms with Crippen LogP contribution >= 0.6 is 0 Å². The van der Waals surface area contributed by atoms with E-state index in [1.807, 2.05) is 6.92 Å². The van der Waals surface area contributed by atoms with Gasteiger partial charge in [0, 0.05) is 17.6 Å². The third-order valence-corrected chi connectivity index (χ3v) is 5.57. The van der Waals surface area contributed by atoms with E-state index in [-0.39, 0.29) is 23.0 Å². The number of aromatic hydroxyl groups is 1. The first kappa shape index (κ1) is 15.6. The number of fused-ring (bicyclic) bond motifs is 3. The van der Waals surface area contributed by atoms with Gasteiger partial charge in [-0.3, -0.25) is 4.79 Å². The van der Waals surface area contributed by atoms with E-state index in [9.17, 15) is 25.2 Å². The number of allylic oxidation sites excluding steroid dienone is 2. The van der Waals surface area contributed by atoms with Crippen molar-refractivity contribution in [3.05, 3.63) is 52.6 Å². The summed E-state index contributed by atoms with van der Waals surface area (Å²) in [5.74, 6) is -0.982. The summed E-state index contributed by atoms with van der Waals surface area (Å²) < 4.78 is 0. The molecule has 0 aliphatic heterocycles. The van der Waals surface area contributed by atoms with Gasteiger partial charge in [-0.1, -0.05) is 25.1 Å². The molecule has 4 N–H and O–H groups in total. The molecule has 0 fully saturated rings. The number of hydrogen-bond donors (Lipinski definition) is 4. The monoisotopic (exact) mass is 328 g/mol. The molecule has 3 aliphatic rings. The van der Waals surface area contributed by atoms with Crippen LogP contribution in [0.1, 0.15) is 43.1 Å². The second-order valence-corrected chi connectivity index (χ2v) is 7.20. The third-order valence-electron chi connectivity index (χ3n) is 5.57. The smallest absolute Gasteiger partial charge is 0.159 e. The van der Waals surface area contributed by atoms with Gasteiger partial charge in [-0.15, -0.1) is 0 Å². The molecule has 24 heavy (non-hydrogen) atoms. The molecule has 0 amide bonds. The summed E-state index contributed by atoms with van der Waals surface area (Å²) in [6.45, 7) is 2.00. The molecule has 0 unspecified atom stereocenters. The lowest BCUT2D eigenvalue weighted by molar-refractivity contribution is -0.132. The number of carbonyl (C=O) groups excluding carboxylic acids is 1.